The van der Waals surface area contributed by atoms with Crippen molar-refractivity contribution in [3.63, 3.8) is 0 Å². The highest BCUT2D eigenvalue weighted by atomic mass is 19.1. The van der Waals surface area contributed by atoms with Gasteiger partial charge in [-0.05, 0) is 42.0 Å². The largest absolute Gasteiger partial charge is 0.369 e. The summed E-state index contributed by atoms with van der Waals surface area (Å²) in [5, 5.41) is 6.07. The summed E-state index contributed by atoms with van der Waals surface area (Å²) in [6.07, 6.45) is 1.81. The Bertz CT molecular complexity index is 996. The van der Waals surface area contributed by atoms with Crippen molar-refractivity contribution in [3.8, 4) is 0 Å². The summed E-state index contributed by atoms with van der Waals surface area (Å²) in [4.78, 5) is 14.6. The van der Waals surface area contributed by atoms with Crippen LogP contribution in [-0.2, 0) is 6.42 Å². The summed E-state index contributed by atoms with van der Waals surface area (Å²) in [5.74, 6) is 0.325. The van der Waals surface area contributed by atoms with Gasteiger partial charge in [-0.3, -0.25) is 0 Å². The first-order chi connectivity index (χ1) is 15.7. The first kappa shape index (κ1) is 21.9. The van der Waals surface area contributed by atoms with Crippen LogP contribution in [0.1, 0.15) is 23.5 Å². The fourth-order valence-corrected chi connectivity index (χ4v) is 4.37. The Balaban J connectivity index is 1.27. The maximum absolute atomic E-state index is 14.0. The highest BCUT2D eigenvalue weighted by molar-refractivity contribution is 5.73. The number of carbonyl (C=O) groups is 1. The Morgan fingerprint density at radius 3 is 2.38 bits per heavy atom. The van der Waals surface area contributed by atoms with Crippen molar-refractivity contribution in [1.29, 1.82) is 0 Å². The molecule has 0 aromatic heterocycles. The van der Waals surface area contributed by atoms with E-state index in [2.05, 4.69) is 39.8 Å². The third kappa shape index (κ3) is 5.88. The second kappa shape index (κ2) is 10.8. The Morgan fingerprint density at radius 2 is 1.62 bits per heavy atom. The Morgan fingerprint density at radius 1 is 0.938 bits per heavy atom. The molecule has 1 aliphatic heterocycles. The molecule has 32 heavy (non-hydrogen) atoms. The lowest BCUT2D eigenvalue weighted by Gasteiger charge is -2.20. The molecule has 2 atom stereocenters. The number of anilines is 1. The molecule has 0 spiro atoms. The van der Waals surface area contributed by atoms with Crippen LogP contribution in [0.4, 0.5) is 14.9 Å². The van der Waals surface area contributed by atoms with Crippen molar-refractivity contribution in [2.75, 3.05) is 31.1 Å². The van der Waals surface area contributed by atoms with E-state index in [0.717, 1.165) is 25.9 Å². The van der Waals surface area contributed by atoms with E-state index in [1.807, 2.05) is 48.5 Å². The van der Waals surface area contributed by atoms with Gasteiger partial charge in [-0.1, -0.05) is 72.8 Å². The average molecular weight is 432 g/mol. The number of halogens is 1. The molecule has 4 nitrogen and oxygen atoms in total. The van der Waals surface area contributed by atoms with Gasteiger partial charge in [-0.25, -0.2) is 9.18 Å². The molecule has 0 bridgehead atoms. The Labute approximate surface area is 189 Å². The molecular weight excluding hydrogens is 401 g/mol. The fraction of sp³-hybridized carbons (Fsp3) is 0.296. The third-order valence-electron chi connectivity index (χ3n) is 6.14. The molecule has 0 saturated carbocycles. The van der Waals surface area contributed by atoms with Gasteiger partial charge in [0.25, 0.3) is 0 Å². The maximum Gasteiger partial charge on any atom is 0.314 e. The molecule has 1 aliphatic rings. The number of nitrogens with zero attached hydrogens (tertiary/aromatic N) is 1. The van der Waals surface area contributed by atoms with Crippen molar-refractivity contribution in [2.45, 2.75) is 18.8 Å². The molecule has 1 fully saturated rings. The molecule has 0 aliphatic carbocycles. The van der Waals surface area contributed by atoms with Crippen LogP contribution >= 0.6 is 0 Å². The highest BCUT2D eigenvalue weighted by Crippen LogP contribution is 2.26. The van der Waals surface area contributed by atoms with Gasteiger partial charge in [0.15, 0.2) is 0 Å². The van der Waals surface area contributed by atoms with E-state index in [1.54, 1.807) is 6.07 Å². The standard InChI is InChI=1S/C27H30FN3O/c28-25-13-7-8-14-26(25)31-16-15-22(20-31)18-29-27(32)30-19-24(23-11-5-2-6-12-23)17-21-9-3-1-4-10-21/h1-14,22,24H,15-20H2,(H2,29,30,32). The molecule has 4 rings (SSSR count). The van der Waals surface area contributed by atoms with Crippen molar-refractivity contribution in [3.05, 3.63) is 102 Å². The number of nitrogens with one attached hydrogen (secondary N) is 2. The number of rotatable bonds is 8. The molecule has 2 N–H and O–H groups in total. The lowest BCUT2D eigenvalue weighted by Crippen LogP contribution is -2.40. The van der Waals surface area contributed by atoms with Crippen LogP contribution in [0.2, 0.25) is 0 Å². The van der Waals surface area contributed by atoms with E-state index in [9.17, 15) is 9.18 Å². The van der Waals surface area contributed by atoms with E-state index >= 15 is 0 Å². The zero-order valence-corrected chi connectivity index (χ0v) is 18.2. The number of carbonyl (C=O) groups excluding carboxylic acids is 1. The Kier molecular flexibility index (Phi) is 7.38. The molecule has 2 unspecified atom stereocenters. The maximum atomic E-state index is 14.0. The van der Waals surface area contributed by atoms with E-state index in [4.69, 9.17) is 0 Å². The molecule has 3 aromatic rings. The second-order valence-corrected chi connectivity index (χ2v) is 8.44. The smallest absolute Gasteiger partial charge is 0.314 e. The summed E-state index contributed by atoms with van der Waals surface area (Å²) in [5.41, 5.74) is 3.11. The normalized spacial score (nSPS) is 16.5. The summed E-state index contributed by atoms with van der Waals surface area (Å²) < 4.78 is 14.0. The number of urea groups is 1. The van der Waals surface area contributed by atoms with Crippen LogP contribution in [0.3, 0.4) is 0 Å². The van der Waals surface area contributed by atoms with Crippen molar-refractivity contribution in [2.24, 2.45) is 5.92 Å². The zero-order chi connectivity index (χ0) is 22.2. The van der Waals surface area contributed by atoms with Gasteiger partial charge < -0.3 is 15.5 Å². The van der Waals surface area contributed by atoms with Crippen LogP contribution in [0.15, 0.2) is 84.9 Å². The van der Waals surface area contributed by atoms with Crippen LogP contribution in [0, 0.1) is 11.7 Å². The van der Waals surface area contributed by atoms with Gasteiger partial charge in [0, 0.05) is 32.1 Å². The first-order valence-corrected chi connectivity index (χ1v) is 11.3. The molecule has 5 heteroatoms. The topological polar surface area (TPSA) is 44.4 Å². The predicted octanol–water partition coefficient (Wildman–Crippen LogP) is 4.98. The monoisotopic (exact) mass is 431 g/mol. The molecular formula is C27H30FN3O. The predicted molar refractivity (Wildman–Crippen MR) is 127 cm³/mol. The second-order valence-electron chi connectivity index (χ2n) is 8.44. The summed E-state index contributed by atoms with van der Waals surface area (Å²) >= 11 is 0. The Hall–Kier alpha value is -3.34. The van der Waals surface area contributed by atoms with E-state index < -0.39 is 0 Å². The van der Waals surface area contributed by atoms with E-state index in [0.29, 0.717) is 24.7 Å². The SMILES string of the molecule is O=C(NCC1CCN(c2ccccc2F)C1)NCC(Cc1ccccc1)c1ccccc1. The summed E-state index contributed by atoms with van der Waals surface area (Å²) in [6, 6.07) is 27.4. The molecule has 3 aromatic carbocycles. The van der Waals surface area contributed by atoms with Gasteiger partial charge >= 0.3 is 6.03 Å². The lowest BCUT2D eigenvalue weighted by atomic mass is 9.92. The minimum absolute atomic E-state index is 0.150. The van der Waals surface area contributed by atoms with Crippen molar-refractivity contribution in [1.82, 2.24) is 10.6 Å². The van der Waals surface area contributed by atoms with Crippen molar-refractivity contribution >= 4 is 11.7 Å². The van der Waals surface area contributed by atoms with Gasteiger partial charge in [0.1, 0.15) is 5.82 Å². The fourth-order valence-electron chi connectivity index (χ4n) is 4.37. The van der Waals surface area contributed by atoms with Crippen LogP contribution in [-0.4, -0.2) is 32.2 Å². The zero-order valence-electron chi connectivity index (χ0n) is 18.2. The molecule has 166 valence electrons. The van der Waals surface area contributed by atoms with Crippen LogP contribution in [0.25, 0.3) is 0 Å². The first-order valence-electron chi connectivity index (χ1n) is 11.3. The minimum atomic E-state index is -0.191. The third-order valence-corrected chi connectivity index (χ3v) is 6.14. The number of benzene rings is 3. The summed E-state index contributed by atoms with van der Waals surface area (Å²) in [6.45, 7) is 2.71. The van der Waals surface area contributed by atoms with Crippen molar-refractivity contribution < 1.29 is 9.18 Å². The molecule has 1 saturated heterocycles. The van der Waals surface area contributed by atoms with Gasteiger partial charge in [0.2, 0.25) is 0 Å². The average Bonchev–Trinajstić information content (AvgIpc) is 3.31. The van der Waals surface area contributed by atoms with Gasteiger partial charge in [-0.15, -0.1) is 0 Å². The number of hydrogen-bond acceptors (Lipinski definition) is 2. The molecule has 0 radical (unpaired) electrons. The molecule has 2 amide bonds. The van der Waals surface area contributed by atoms with Crippen LogP contribution in [0.5, 0.6) is 0 Å². The minimum Gasteiger partial charge on any atom is -0.369 e. The number of hydrogen-bond donors (Lipinski definition) is 2. The number of para-hydroxylation sites is 1. The van der Waals surface area contributed by atoms with Gasteiger partial charge in [-0.2, -0.15) is 0 Å². The van der Waals surface area contributed by atoms with E-state index in [-0.39, 0.29) is 17.8 Å². The summed E-state index contributed by atoms with van der Waals surface area (Å²) in [7, 11) is 0. The molecule has 1 heterocycles. The quantitative estimate of drug-likeness (QED) is 0.528. The lowest BCUT2D eigenvalue weighted by molar-refractivity contribution is 0.238. The number of amides is 2. The highest BCUT2D eigenvalue weighted by Gasteiger charge is 2.24. The van der Waals surface area contributed by atoms with E-state index in [1.165, 1.54) is 17.2 Å². The van der Waals surface area contributed by atoms with Gasteiger partial charge in [0.05, 0.1) is 5.69 Å². The van der Waals surface area contributed by atoms with Crippen LogP contribution < -0.4 is 15.5 Å².